The minimum absolute atomic E-state index is 0.0793. The molecule has 1 atom stereocenters. The fraction of sp³-hybridized carbons (Fsp3) is 0.148. The predicted molar refractivity (Wildman–Crippen MR) is 135 cm³/mol. The highest BCUT2D eigenvalue weighted by Crippen LogP contribution is 2.33. The van der Waals surface area contributed by atoms with Crippen LogP contribution in [0.15, 0.2) is 76.2 Å². The molecule has 1 fully saturated rings. The number of halogens is 2. The molecule has 0 saturated carbocycles. The van der Waals surface area contributed by atoms with Gasteiger partial charge in [0.25, 0.3) is 11.8 Å². The Balaban J connectivity index is 1.34. The first kappa shape index (κ1) is 23.4. The number of rotatable bonds is 6. The largest absolute Gasteiger partial charge is 0.342 e. The summed E-state index contributed by atoms with van der Waals surface area (Å²) in [7, 11) is 0. The second-order valence-corrected chi connectivity index (χ2v) is 9.61. The van der Waals surface area contributed by atoms with Gasteiger partial charge >= 0.3 is 0 Å². The predicted octanol–water partition coefficient (Wildman–Crippen LogP) is 2.88. The van der Waals surface area contributed by atoms with E-state index in [9.17, 15) is 14.0 Å². The van der Waals surface area contributed by atoms with Crippen LogP contribution in [0.1, 0.15) is 17.5 Å². The van der Waals surface area contributed by atoms with Gasteiger partial charge in [0.2, 0.25) is 0 Å². The summed E-state index contributed by atoms with van der Waals surface area (Å²) >= 11 is 3.43. The monoisotopic (exact) mass is 559 g/mol. The molecule has 184 valence electrons. The molecule has 1 saturated heterocycles. The number of nitrogens with zero attached hydrogens (tertiary/aromatic N) is 5. The van der Waals surface area contributed by atoms with Crippen molar-refractivity contribution < 1.29 is 18.7 Å². The summed E-state index contributed by atoms with van der Waals surface area (Å²) in [6, 6.07) is 19.1. The third-order valence-corrected chi connectivity index (χ3v) is 6.79. The molecule has 2 amide bonds. The van der Waals surface area contributed by atoms with Crippen LogP contribution in [-0.4, -0.2) is 44.9 Å². The van der Waals surface area contributed by atoms with E-state index >= 15 is 0 Å². The molecule has 6 rings (SSSR count). The number of carbonyl (C=O) groups is 2. The third-order valence-electron chi connectivity index (χ3n) is 6.26. The van der Waals surface area contributed by atoms with E-state index in [2.05, 4.69) is 26.0 Å². The van der Waals surface area contributed by atoms with Gasteiger partial charge < -0.3 is 9.64 Å². The number of carbonyl (C=O) groups excluding carboxylic acids is 2. The average Bonchev–Trinajstić information content (AvgIpc) is 3.59. The summed E-state index contributed by atoms with van der Waals surface area (Å²) in [6.45, 7) is 0.297. The number of ether oxygens (including phenoxy) is 1. The van der Waals surface area contributed by atoms with E-state index in [4.69, 9.17) is 9.84 Å². The lowest BCUT2D eigenvalue weighted by Gasteiger charge is -2.22. The van der Waals surface area contributed by atoms with Gasteiger partial charge in [0, 0.05) is 27.9 Å². The van der Waals surface area contributed by atoms with E-state index in [0.29, 0.717) is 35.3 Å². The highest BCUT2D eigenvalue weighted by atomic mass is 79.9. The van der Waals surface area contributed by atoms with E-state index < -0.39 is 6.23 Å². The Labute approximate surface area is 218 Å². The van der Waals surface area contributed by atoms with Crippen molar-refractivity contribution in [3.05, 3.63) is 98.9 Å². The Bertz CT molecular complexity index is 1650. The van der Waals surface area contributed by atoms with Crippen LogP contribution < -0.4 is 10.6 Å². The van der Waals surface area contributed by atoms with Crippen molar-refractivity contribution in [2.75, 3.05) is 13.2 Å². The molecule has 0 unspecified atom stereocenters. The molecule has 0 spiro atoms. The number of fused-ring (bicyclic) bond motifs is 1. The fourth-order valence-electron chi connectivity index (χ4n) is 4.42. The Kier molecular flexibility index (Phi) is 5.97. The first-order valence-electron chi connectivity index (χ1n) is 11.6. The summed E-state index contributed by atoms with van der Waals surface area (Å²) in [4.78, 5) is 31.5. The van der Waals surface area contributed by atoms with Crippen LogP contribution in [0.25, 0.3) is 23.0 Å². The summed E-state index contributed by atoms with van der Waals surface area (Å²) in [6.07, 6.45) is 1.30. The van der Waals surface area contributed by atoms with E-state index in [1.807, 2.05) is 42.5 Å². The summed E-state index contributed by atoms with van der Waals surface area (Å²) in [5.74, 6) is -0.788. The molecule has 4 aromatic rings. The van der Waals surface area contributed by atoms with E-state index in [1.165, 1.54) is 23.0 Å². The van der Waals surface area contributed by atoms with Gasteiger partial charge in [0.05, 0.1) is 11.0 Å². The summed E-state index contributed by atoms with van der Waals surface area (Å²) in [5.41, 5.74) is 3.32. The summed E-state index contributed by atoms with van der Waals surface area (Å²) in [5, 5.41) is 10.8. The molecule has 0 aliphatic carbocycles. The lowest BCUT2D eigenvalue weighted by Crippen LogP contribution is -2.31. The van der Waals surface area contributed by atoms with Gasteiger partial charge in [-0.1, -0.05) is 22.0 Å². The maximum atomic E-state index is 13.6. The van der Waals surface area contributed by atoms with Crippen molar-refractivity contribution in [1.82, 2.24) is 19.9 Å². The highest BCUT2D eigenvalue weighted by Gasteiger charge is 2.37. The Hall–Kier alpha value is -4.02. The van der Waals surface area contributed by atoms with Crippen LogP contribution in [0.5, 0.6) is 0 Å². The van der Waals surface area contributed by atoms with Crippen LogP contribution in [-0.2, 0) is 20.7 Å². The standard InChI is InChI=1S/C27H19BrFN5O3/c28-19-4-8-21(9-5-19)34-31-25(17-2-6-20(29)7-3-17)26(32-34)27-33(24(36)15-37-27)12-11-16-1-10-22-18(13-16)14-23(35)30-22/h1-10,13-14,27H,11-12,15H2/t27-/m0/s1. The highest BCUT2D eigenvalue weighted by molar-refractivity contribution is 9.10. The minimum atomic E-state index is -0.755. The zero-order valence-corrected chi connectivity index (χ0v) is 20.9. The van der Waals surface area contributed by atoms with Crippen LogP contribution >= 0.6 is 15.9 Å². The van der Waals surface area contributed by atoms with Crippen molar-refractivity contribution >= 4 is 33.8 Å². The number of hydrogen-bond donors (Lipinski definition) is 0. The van der Waals surface area contributed by atoms with E-state index in [0.717, 1.165) is 20.9 Å². The van der Waals surface area contributed by atoms with Crippen LogP contribution in [0.3, 0.4) is 0 Å². The summed E-state index contributed by atoms with van der Waals surface area (Å²) < 4.78 is 20.5. The maximum absolute atomic E-state index is 13.6. The van der Waals surface area contributed by atoms with Gasteiger partial charge in [-0.2, -0.15) is 4.80 Å². The number of hydrogen-bond acceptors (Lipinski definition) is 5. The van der Waals surface area contributed by atoms with Gasteiger partial charge in [-0.15, -0.1) is 10.2 Å². The molecule has 0 bridgehead atoms. The van der Waals surface area contributed by atoms with Crippen molar-refractivity contribution in [3.8, 4) is 16.9 Å². The average molecular weight is 560 g/mol. The van der Waals surface area contributed by atoms with Gasteiger partial charge in [-0.05, 0) is 72.6 Å². The Morgan fingerprint density at radius 1 is 1.00 bits per heavy atom. The quantitative estimate of drug-likeness (QED) is 0.362. The Morgan fingerprint density at radius 3 is 2.57 bits per heavy atom. The van der Waals surface area contributed by atoms with Crippen molar-refractivity contribution in [3.63, 3.8) is 0 Å². The van der Waals surface area contributed by atoms with Crippen LogP contribution in [0.2, 0.25) is 0 Å². The number of aromatic nitrogens is 3. The molecule has 2 aliphatic heterocycles. The van der Waals surface area contributed by atoms with E-state index in [-0.39, 0.29) is 24.2 Å². The fourth-order valence-corrected chi connectivity index (χ4v) is 4.68. The van der Waals surface area contributed by atoms with Crippen molar-refractivity contribution in [2.24, 2.45) is 4.99 Å². The normalized spacial score (nSPS) is 16.6. The molecular formula is C27H19BrFN5O3. The molecule has 10 heteroatoms. The van der Waals surface area contributed by atoms with Crippen LogP contribution in [0.4, 0.5) is 4.39 Å². The number of amides is 2. The van der Waals surface area contributed by atoms with Gasteiger partial charge in [0.15, 0.2) is 6.23 Å². The number of benzene rings is 3. The second-order valence-electron chi connectivity index (χ2n) is 8.69. The minimum Gasteiger partial charge on any atom is -0.342 e. The second kappa shape index (κ2) is 9.45. The smallest absolute Gasteiger partial charge is 0.270 e. The molecule has 3 aromatic carbocycles. The molecular weight excluding hydrogens is 541 g/mol. The SMILES string of the molecule is O=C1C=c2cc(CCN3C(=O)CO[C@H]3c3nn(-c4ccc(Br)cc4)nc3-c3ccc(F)cc3)ccc2=N1. The van der Waals surface area contributed by atoms with Gasteiger partial charge in [-0.25, -0.2) is 9.38 Å². The zero-order chi connectivity index (χ0) is 25.5. The maximum Gasteiger partial charge on any atom is 0.270 e. The first-order chi connectivity index (χ1) is 17.9. The third kappa shape index (κ3) is 4.61. The van der Waals surface area contributed by atoms with Crippen molar-refractivity contribution in [2.45, 2.75) is 12.6 Å². The van der Waals surface area contributed by atoms with Gasteiger partial charge in [-0.3, -0.25) is 9.59 Å². The molecule has 0 N–H and O–H groups in total. The molecule has 3 heterocycles. The lowest BCUT2D eigenvalue weighted by atomic mass is 10.1. The molecule has 8 nitrogen and oxygen atoms in total. The first-order valence-corrected chi connectivity index (χ1v) is 12.4. The van der Waals surface area contributed by atoms with Crippen molar-refractivity contribution in [1.29, 1.82) is 0 Å². The molecule has 1 aromatic heterocycles. The topological polar surface area (TPSA) is 89.7 Å². The zero-order valence-electron chi connectivity index (χ0n) is 19.3. The lowest BCUT2D eigenvalue weighted by molar-refractivity contribution is -0.128. The molecule has 0 radical (unpaired) electrons. The van der Waals surface area contributed by atoms with E-state index in [1.54, 1.807) is 17.0 Å². The molecule has 2 aliphatic rings. The van der Waals surface area contributed by atoms with Crippen LogP contribution in [0, 0.1) is 5.82 Å². The Morgan fingerprint density at radius 2 is 1.78 bits per heavy atom. The van der Waals surface area contributed by atoms with Gasteiger partial charge in [0.1, 0.15) is 23.8 Å². The molecule has 37 heavy (non-hydrogen) atoms.